The average molecular weight is 368 g/mol. The SMILES string of the molecule is O=C(NC[C@@H]1CCCO1)c1cccc(-c2ccc(C(=O)N3CCCC3)o2)c1. The Hall–Kier alpha value is -2.60. The Morgan fingerprint density at radius 2 is 1.96 bits per heavy atom. The van der Waals surface area contributed by atoms with Gasteiger partial charge in [-0.15, -0.1) is 0 Å². The Morgan fingerprint density at radius 3 is 2.74 bits per heavy atom. The summed E-state index contributed by atoms with van der Waals surface area (Å²) in [4.78, 5) is 26.7. The van der Waals surface area contributed by atoms with Crippen LogP contribution >= 0.6 is 0 Å². The molecule has 6 nitrogen and oxygen atoms in total. The summed E-state index contributed by atoms with van der Waals surface area (Å²) in [7, 11) is 0. The number of amides is 2. The fourth-order valence-electron chi connectivity index (χ4n) is 3.61. The zero-order chi connectivity index (χ0) is 18.6. The van der Waals surface area contributed by atoms with Crippen molar-refractivity contribution >= 4 is 11.8 Å². The van der Waals surface area contributed by atoms with Crippen molar-refractivity contribution in [1.82, 2.24) is 10.2 Å². The van der Waals surface area contributed by atoms with Crippen LogP contribution in [0.4, 0.5) is 0 Å². The number of nitrogens with one attached hydrogen (secondary N) is 1. The lowest BCUT2D eigenvalue weighted by Crippen LogP contribution is -2.31. The number of benzene rings is 1. The predicted molar refractivity (Wildman–Crippen MR) is 101 cm³/mol. The number of ether oxygens (including phenoxy) is 1. The van der Waals surface area contributed by atoms with Crippen LogP contribution < -0.4 is 5.32 Å². The first kappa shape index (κ1) is 17.8. The second-order valence-electron chi connectivity index (χ2n) is 7.09. The van der Waals surface area contributed by atoms with E-state index in [1.54, 1.807) is 24.3 Å². The van der Waals surface area contributed by atoms with Gasteiger partial charge in [-0.2, -0.15) is 0 Å². The molecule has 1 aromatic heterocycles. The molecule has 0 bridgehead atoms. The molecule has 2 aromatic rings. The van der Waals surface area contributed by atoms with Crippen LogP contribution in [-0.2, 0) is 4.74 Å². The molecule has 1 N–H and O–H groups in total. The number of carbonyl (C=O) groups is 2. The van der Waals surface area contributed by atoms with Gasteiger partial charge < -0.3 is 19.4 Å². The van der Waals surface area contributed by atoms with Crippen LogP contribution in [0.3, 0.4) is 0 Å². The normalized spacial score (nSPS) is 19.4. The summed E-state index contributed by atoms with van der Waals surface area (Å²) in [5.74, 6) is 0.739. The van der Waals surface area contributed by atoms with Gasteiger partial charge in [-0.3, -0.25) is 9.59 Å². The Kier molecular flexibility index (Phi) is 5.25. The first-order valence-corrected chi connectivity index (χ1v) is 9.60. The summed E-state index contributed by atoms with van der Waals surface area (Å²) in [5, 5.41) is 2.92. The molecule has 0 spiro atoms. The van der Waals surface area contributed by atoms with Gasteiger partial charge in [-0.1, -0.05) is 12.1 Å². The molecule has 0 aliphatic carbocycles. The lowest BCUT2D eigenvalue weighted by molar-refractivity contribution is 0.0762. The second kappa shape index (κ2) is 7.96. The minimum absolute atomic E-state index is 0.0655. The van der Waals surface area contributed by atoms with Crippen LogP contribution in [0.15, 0.2) is 40.8 Å². The molecule has 0 saturated carbocycles. The number of furan rings is 1. The van der Waals surface area contributed by atoms with Gasteiger partial charge >= 0.3 is 0 Å². The molecule has 2 amide bonds. The van der Waals surface area contributed by atoms with Gasteiger partial charge in [0, 0.05) is 37.4 Å². The third-order valence-electron chi connectivity index (χ3n) is 5.13. The fourth-order valence-corrected chi connectivity index (χ4v) is 3.61. The van der Waals surface area contributed by atoms with Gasteiger partial charge in [0.25, 0.3) is 11.8 Å². The third-order valence-corrected chi connectivity index (χ3v) is 5.13. The molecular formula is C21H24N2O4. The fraction of sp³-hybridized carbons (Fsp3) is 0.429. The first-order valence-electron chi connectivity index (χ1n) is 9.60. The van der Waals surface area contributed by atoms with E-state index in [1.165, 1.54) is 0 Å². The van der Waals surface area contributed by atoms with Crippen molar-refractivity contribution in [1.29, 1.82) is 0 Å². The molecule has 1 aromatic carbocycles. The standard InChI is InChI=1S/C21H24N2O4/c24-20(22-14-17-7-4-12-26-17)16-6-3-5-15(13-16)18-8-9-19(27-18)21(25)23-10-1-2-11-23/h3,5-6,8-9,13,17H,1-2,4,7,10-12,14H2,(H,22,24)/t17-/m0/s1. The Morgan fingerprint density at radius 1 is 1.11 bits per heavy atom. The molecule has 2 fully saturated rings. The van der Waals surface area contributed by atoms with Crippen molar-refractivity contribution in [3.05, 3.63) is 47.7 Å². The highest BCUT2D eigenvalue weighted by Crippen LogP contribution is 2.25. The maximum absolute atomic E-state index is 12.4. The molecule has 0 radical (unpaired) electrons. The van der Waals surface area contributed by atoms with E-state index in [9.17, 15) is 9.59 Å². The van der Waals surface area contributed by atoms with Gasteiger partial charge in [-0.25, -0.2) is 0 Å². The number of likely N-dealkylation sites (tertiary alicyclic amines) is 1. The Labute approximate surface area is 158 Å². The number of hydrogen-bond acceptors (Lipinski definition) is 4. The van der Waals surface area contributed by atoms with E-state index < -0.39 is 0 Å². The quantitative estimate of drug-likeness (QED) is 0.880. The van der Waals surface area contributed by atoms with Crippen LogP contribution in [0.1, 0.15) is 46.6 Å². The minimum atomic E-state index is -0.132. The summed E-state index contributed by atoms with van der Waals surface area (Å²) in [6.45, 7) is 2.87. The zero-order valence-electron chi connectivity index (χ0n) is 15.3. The molecule has 6 heteroatoms. The van der Waals surface area contributed by atoms with Gasteiger partial charge in [0.2, 0.25) is 0 Å². The highest BCUT2D eigenvalue weighted by atomic mass is 16.5. The Balaban J connectivity index is 1.44. The van der Waals surface area contributed by atoms with Gasteiger partial charge in [0.05, 0.1) is 6.10 Å². The summed E-state index contributed by atoms with van der Waals surface area (Å²) in [6, 6.07) is 10.7. The van der Waals surface area contributed by atoms with Gasteiger partial charge in [0.1, 0.15) is 5.76 Å². The molecule has 3 heterocycles. The highest BCUT2D eigenvalue weighted by molar-refractivity contribution is 5.95. The highest BCUT2D eigenvalue weighted by Gasteiger charge is 2.22. The minimum Gasteiger partial charge on any atom is -0.451 e. The lowest BCUT2D eigenvalue weighted by atomic mass is 10.1. The molecule has 4 rings (SSSR count). The van der Waals surface area contributed by atoms with Crippen LogP contribution in [-0.4, -0.2) is 49.1 Å². The van der Waals surface area contributed by atoms with E-state index in [1.807, 2.05) is 17.0 Å². The van der Waals surface area contributed by atoms with E-state index in [0.717, 1.165) is 50.9 Å². The van der Waals surface area contributed by atoms with E-state index in [2.05, 4.69) is 5.32 Å². The van der Waals surface area contributed by atoms with E-state index in [-0.39, 0.29) is 17.9 Å². The molecule has 27 heavy (non-hydrogen) atoms. The zero-order valence-corrected chi connectivity index (χ0v) is 15.3. The van der Waals surface area contributed by atoms with E-state index >= 15 is 0 Å². The van der Waals surface area contributed by atoms with Crippen molar-refractivity contribution in [2.24, 2.45) is 0 Å². The lowest BCUT2D eigenvalue weighted by Gasteiger charge is -2.12. The van der Waals surface area contributed by atoms with E-state index in [4.69, 9.17) is 9.15 Å². The monoisotopic (exact) mass is 368 g/mol. The van der Waals surface area contributed by atoms with Crippen LogP contribution in [0.25, 0.3) is 11.3 Å². The van der Waals surface area contributed by atoms with Crippen LogP contribution in [0.2, 0.25) is 0 Å². The van der Waals surface area contributed by atoms with Crippen molar-refractivity contribution < 1.29 is 18.7 Å². The smallest absolute Gasteiger partial charge is 0.289 e. The summed E-state index contributed by atoms with van der Waals surface area (Å²) >= 11 is 0. The van der Waals surface area contributed by atoms with Crippen molar-refractivity contribution in [3.8, 4) is 11.3 Å². The molecule has 2 saturated heterocycles. The van der Waals surface area contributed by atoms with Crippen molar-refractivity contribution in [2.75, 3.05) is 26.2 Å². The predicted octanol–water partition coefficient (Wildman–Crippen LogP) is 3.09. The molecule has 1 atom stereocenters. The average Bonchev–Trinajstić information content (AvgIpc) is 3.48. The topological polar surface area (TPSA) is 71.8 Å². The maximum Gasteiger partial charge on any atom is 0.289 e. The second-order valence-corrected chi connectivity index (χ2v) is 7.09. The summed E-state index contributed by atoms with van der Waals surface area (Å²) in [5.41, 5.74) is 1.34. The van der Waals surface area contributed by atoms with Crippen LogP contribution in [0.5, 0.6) is 0 Å². The molecule has 0 unspecified atom stereocenters. The largest absolute Gasteiger partial charge is 0.451 e. The van der Waals surface area contributed by atoms with Gasteiger partial charge in [0.15, 0.2) is 5.76 Å². The Bertz CT molecular complexity index is 817. The number of nitrogens with zero attached hydrogens (tertiary/aromatic N) is 1. The summed E-state index contributed by atoms with van der Waals surface area (Å²) < 4.78 is 11.3. The summed E-state index contributed by atoms with van der Waals surface area (Å²) in [6.07, 6.45) is 4.24. The third kappa shape index (κ3) is 4.06. The van der Waals surface area contributed by atoms with Gasteiger partial charge in [-0.05, 0) is 49.9 Å². The number of hydrogen-bond donors (Lipinski definition) is 1. The molecular weight excluding hydrogens is 344 g/mol. The molecule has 2 aliphatic rings. The first-order chi connectivity index (χ1) is 13.2. The van der Waals surface area contributed by atoms with Crippen molar-refractivity contribution in [2.45, 2.75) is 31.8 Å². The maximum atomic E-state index is 12.4. The molecule has 142 valence electrons. The number of rotatable bonds is 5. The van der Waals surface area contributed by atoms with Crippen LogP contribution in [0, 0.1) is 0 Å². The van der Waals surface area contributed by atoms with E-state index in [0.29, 0.717) is 23.6 Å². The number of carbonyl (C=O) groups excluding carboxylic acids is 2. The van der Waals surface area contributed by atoms with Crippen molar-refractivity contribution in [3.63, 3.8) is 0 Å². The molecule has 2 aliphatic heterocycles.